The molecule has 3 amide bonds. The fourth-order valence-electron chi connectivity index (χ4n) is 7.25. The predicted octanol–water partition coefficient (Wildman–Crippen LogP) is 4.54. The van der Waals surface area contributed by atoms with Crippen LogP contribution in [0.4, 0.5) is 11.4 Å². The van der Waals surface area contributed by atoms with E-state index in [1.807, 2.05) is 38.1 Å². The maximum Gasteiger partial charge on any atom is 0.253 e. The number of anilines is 2. The van der Waals surface area contributed by atoms with Crippen molar-refractivity contribution in [1.82, 2.24) is 4.90 Å². The molecule has 0 aromatic heterocycles. The van der Waals surface area contributed by atoms with Crippen molar-refractivity contribution in [2.24, 2.45) is 11.8 Å². The molecule has 1 N–H and O–H groups in total. The summed E-state index contributed by atoms with van der Waals surface area (Å²) >= 11 is 6.62. The van der Waals surface area contributed by atoms with Crippen LogP contribution >= 0.6 is 11.6 Å². The van der Waals surface area contributed by atoms with Gasteiger partial charge in [0.1, 0.15) is 17.4 Å². The Labute approximate surface area is 263 Å². The highest BCUT2D eigenvalue weighted by Gasteiger charge is 2.75. The van der Waals surface area contributed by atoms with Gasteiger partial charge in [0.05, 0.1) is 35.3 Å². The third-order valence-corrected chi connectivity index (χ3v) is 9.25. The van der Waals surface area contributed by atoms with Crippen molar-refractivity contribution in [3.63, 3.8) is 0 Å². The minimum absolute atomic E-state index is 0.150. The molecular formula is C34H40ClN3O6. The van der Waals surface area contributed by atoms with E-state index in [0.717, 1.165) is 5.56 Å². The van der Waals surface area contributed by atoms with E-state index in [1.54, 1.807) is 40.2 Å². The van der Waals surface area contributed by atoms with E-state index in [9.17, 15) is 19.5 Å². The largest absolute Gasteiger partial charge is 0.494 e. The number of aliphatic hydroxyl groups is 1. The zero-order valence-electron chi connectivity index (χ0n) is 25.3. The number of fused-ring (bicyclic) bond motifs is 1. The van der Waals surface area contributed by atoms with Crippen LogP contribution < -0.4 is 14.5 Å². The topological polar surface area (TPSA) is 99.6 Å². The predicted molar refractivity (Wildman–Crippen MR) is 170 cm³/mol. The van der Waals surface area contributed by atoms with Gasteiger partial charge in [0.25, 0.3) is 5.91 Å². The zero-order valence-corrected chi connectivity index (χ0v) is 26.0. The van der Waals surface area contributed by atoms with Gasteiger partial charge in [0.2, 0.25) is 11.8 Å². The molecule has 1 spiro atoms. The van der Waals surface area contributed by atoms with Crippen molar-refractivity contribution in [3.05, 3.63) is 78.4 Å². The average molecular weight is 622 g/mol. The first-order valence-corrected chi connectivity index (χ1v) is 15.5. The van der Waals surface area contributed by atoms with Crippen LogP contribution in [0.25, 0.3) is 0 Å². The quantitative estimate of drug-likeness (QED) is 0.330. The Morgan fingerprint density at radius 2 is 1.84 bits per heavy atom. The lowest BCUT2D eigenvalue weighted by atomic mass is 9.70. The van der Waals surface area contributed by atoms with Crippen LogP contribution in [-0.2, 0) is 19.1 Å². The number of ether oxygens (including phenoxy) is 2. The number of likely N-dealkylation sites (tertiary alicyclic amines) is 1. The molecular weight excluding hydrogens is 582 g/mol. The number of nitrogens with zero attached hydrogens (tertiary/aromatic N) is 3. The van der Waals surface area contributed by atoms with Crippen LogP contribution in [0.2, 0.25) is 5.02 Å². The number of carbonyl (C=O) groups is 3. The van der Waals surface area contributed by atoms with E-state index < -0.39 is 29.6 Å². The van der Waals surface area contributed by atoms with Gasteiger partial charge in [-0.3, -0.25) is 14.4 Å². The first-order valence-electron chi connectivity index (χ1n) is 15.2. The molecule has 2 unspecified atom stereocenters. The van der Waals surface area contributed by atoms with Gasteiger partial charge in [-0.05, 0) is 69.0 Å². The molecule has 0 radical (unpaired) electrons. The van der Waals surface area contributed by atoms with Crippen molar-refractivity contribution < 1.29 is 29.0 Å². The summed E-state index contributed by atoms with van der Waals surface area (Å²) in [4.78, 5) is 48.1. The first-order chi connectivity index (χ1) is 21.2. The van der Waals surface area contributed by atoms with Crippen molar-refractivity contribution in [2.75, 3.05) is 42.6 Å². The lowest BCUT2D eigenvalue weighted by molar-refractivity contribution is -0.141. The highest BCUT2D eigenvalue weighted by atomic mass is 35.5. The maximum atomic E-state index is 14.7. The Kier molecular flexibility index (Phi) is 9.48. The van der Waals surface area contributed by atoms with E-state index in [1.165, 1.54) is 4.90 Å². The van der Waals surface area contributed by atoms with Gasteiger partial charge in [-0.15, -0.1) is 13.2 Å². The van der Waals surface area contributed by atoms with Gasteiger partial charge < -0.3 is 29.3 Å². The summed E-state index contributed by atoms with van der Waals surface area (Å²) in [6, 6.07) is 11.6. The number of halogens is 1. The smallest absolute Gasteiger partial charge is 0.253 e. The number of rotatable bonds is 13. The van der Waals surface area contributed by atoms with Crippen LogP contribution in [0.3, 0.4) is 0 Å². The van der Waals surface area contributed by atoms with E-state index >= 15 is 0 Å². The SMILES string of the molecule is C=CCN(C(=O)[C@@H]1[C@H]2C(=O)N(CCCO)C(C(=O)N(CC=C)c3c(C)cccc3Cl)C23CC[C@H]1O3)c1ccc(OCC)cc1. The Bertz CT molecular complexity index is 1410. The molecule has 0 saturated carbocycles. The zero-order chi connectivity index (χ0) is 31.6. The highest BCUT2D eigenvalue weighted by Crippen LogP contribution is 2.59. The molecule has 3 aliphatic rings. The molecule has 3 aliphatic heterocycles. The van der Waals surface area contributed by atoms with Gasteiger partial charge in [0.15, 0.2) is 0 Å². The van der Waals surface area contributed by atoms with Gasteiger partial charge in [-0.2, -0.15) is 0 Å². The maximum absolute atomic E-state index is 14.7. The average Bonchev–Trinajstić information content (AvgIpc) is 3.65. The fourth-order valence-corrected chi connectivity index (χ4v) is 7.57. The summed E-state index contributed by atoms with van der Waals surface area (Å²) in [6.45, 7) is 12.4. The summed E-state index contributed by atoms with van der Waals surface area (Å²) in [5.41, 5.74) is 0.799. The molecule has 5 rings (SSSR count). The van der Waals surface area contributed by atoms with Crippen molar-refractivity contribution in [1.29, 1.82) is 0 Å². The summed E-state index contributed by atoms with van der Waals surface area (Å²) in [7, 11) is 0. The molecule has 234 valence electrons. The molecule has 5 atom stereocenters. The normalized spacial score (nSPS) is 25.1. The first kappa shape index (κ1) is 31.8. The van der Waals surface area contributed by atoms with E-state index in [-0.39, 0.29) is 50.4 Å². The van der Waals surface area contributed by atoms with Crippen LogP contribution in [0, 0.1) is 18.8 Å². The Balaban J connectivity index is 1.54. The monoisotopic (exact) mass is 621 g/mol. The standard InChI is InChI=1S/C34H40ClN3O6/c1-5-18-36(23-12-14-24(15-13-23)43-7-3)31(40)27-26-16-17-34(44-26)28(27)32(41)38(20-9-21-39)30(34)33(42)37(19-6-2)29-22(4)10-8-11-25(29)35/h5-6,8,10-15,26-28,30,39H,1-2,7,9,16-21H2,3-4H3/t26-,27+,28+,30?,34?/m1/s1. The highest BCUT2D eigenvalue weighted by molar-refractivity contribution is 6.34. The number of para-hydroxylation sites is 1. The number of hydrogen-bond acceptors (Lipinski definition) is 6. The summed E-state index contributed by atoms with van der Waals surface area (Å²) < 4.78 is 12.2. The van der Waals surface area contributed by atoms with Crippen LogP contribution in [0.1, 0.15) is 31.7 Å². The second-order valence-electron chi connectivity index (χ2n) is 11.5. The molecule has 2 aromatic rings. The van der Waals surface area contributed by atoms with E-state index in [0.29, 0.717) is 41.6 Å². The number of carbonyl (C=O) groups excluding carboxylic acids is 3. The molecule has 0 aliphatic carbocycles. The van der Waals surface area contributed by atoms with Crippen LogP contribution in [0.15, 0.2) is 67.8 Å². The molecule has 3 heterocycles. The number of benzene rings is 2. The van der Waals surface area contributed by atoms with Gasteiger partial charge in [-0.1, -0.05) is 35.9 Å². The third kappa shape index (κ3) is 5.31. The second kappa shape index (κ2) is 13.1. The Hall–Kier alpha value is -3.66. The number of aryl methyl sites for hydroxylation is 1. The Morgan fingerprint density at radius 3 is 2.48 bits per heavy atom. The fraction of sp³-hybridized carbons (Fsp3) is 0.441. The number of aliphatic hydroxyl groups excluding tert-OH is 1. The second-order valence-corrected chi connectivity index (χ2v) is 11.9. The molecule has 44 heavy (non-hydrogen) atoms. The molecule has 2 aromatic carbocycles. The van der Waals surface area contributed by atoms with E-state index in [4.69, 9.17) is 21.1 Å². The number of hydrogen-bond donors (Lipinski definition) is 1. The molecule has 10 heteroatoms. The summed E-state index contributed by atoms with van der Waals surface area (Å²) in [5.74, 6) is -1.86. The van der Waals surface area contributed by atoms with Gasteiger partial charge >= 0.3 is 0 Å². The van der Waals surface area contributed by atoms with Crippen LogP contribution in [0.5, 0.6) is 5.75 Å². The molecule has 2 bridgehead atoms. The van der Waals surface area contributed by atoms with Gasteiger partial charge in [0, 0.05) is 31.9 Å². The summed E-state index contributed by atoms with van der Waals surface area (Å²) in [6.07, 6.45) is 4.02. The van der Waals surface area contributed by atoms with Crippen molar-refractivity contribution >= 4 is 40.7 Å². The minimum atomic E-state index is -1.19. The van der Waals surface area contributed by atoms with Crippen molar-refractivity contribution in [2.45, 2.75) is 50.9 Å². The lowest BCUT2D eigenvalue weighted by Crippen LogP contribution is -2.57. The number of amides is 3. The molecule has 3 fully saturated rings. The lowest BCUT2D eigenvalue weighted by Gasteiger charge is -2.37. The minimum Gasteiger partial charge on any atom is -0.494 e. The van der Waals surface area contributed by atoms with E-state index in [2.05, 4.69) is 13.2 Å². The van der Waals surface area contributed by atoms with Crippen LogP contribution in [-0.4, -0.2) is 78.3 Å². The molecule has 9 nitrogen and oxygen atoms in total. The molecule has 3 saturated heterocycles. The third-order valence-electron chi connectivity index (χ3n) is 8.95. The van der Waals surface area contributed by atoms with Crippen molar-refractivity contribution in [3.8, 4) is 5.75 Å². The van der Waals surface area contributed by atoms with Gasteiger partial charge in [-0.25, -0.2) is 0 Å². The summed E-state index contributed by atoms with van der Waals surface area (Å²) in [5, 5.41) is 10.1. The Morgan fingerprint density at radius 1 is 1.14 bits per heavy atom.